The number of hydrogen-bond acceptors (Lipinski definition) is 3. The molecule has 4 nitrogen and oxygen atoms in total. The van der Waals surface area contributed by atoms with Gasteiger partial charge in [0.25, 0.3) is 5.91 Å². The Kier molecular flexibility index (Phi) is 4.38. The van der Waals surface area contributed by atoms with E-state index in [-0.39, 0.29) is 26.6 Å². The van der Waals surface area contributed by atoms with Crippen molar-refractivity contribution in [2.45, 2.75) is 6.92 Å². The summed E-state index contributed by atoms with van der Waals surface area (Å²) in [4.78, 5) is 16.0. The Balaban J connectivity index is 2.35. The van der Waals surface area contributed by atoms with Crippen LogP contribution in [-0.4, -0.2) is 16.0 Å². The van der Waals surface area contributed by atoms with Crippen molar-refractivity contribution in [1.82, 2.24) is 4.98 Å². The number of nitrogens with zero attached hydrogens (tertiary/aromatic N) is 1. The molecule has 0 unspecified atom stereocenters. The number of aryl methyl sites for hydroxylation is 1. The zero-order valence-corrected chi connectivity index (χ0v) is 12.5. The van der Waals surface area contributed by atoms with Gasteiger partial charge in [-0.3, -0.25) is 4.79 Å². The number of rotatable bonds is 2. The zero-order chi connectivity index (χ0) is 14.9. The average molecular weight is 332 g/mol. The second-order valence-electron chi connectivity index (χ2n) is 4.05. The van der Waals surface area contributed by atoms with Gasteiger partial charge in [0.05, 0.1) is 16.3 Å². The van der Waals surface area contributed by atoms with Crippen LogP contribution in [-0.2, 0) is 0 Å². The molecule has 2 aromatic rings. The van der Waals surface area contributed by atoms with Crippen molar-refractivity contribution in [3.63, 3.8) is 0 Å². The fraction of sp³-hybridized carbons (Fsp3) is 0.0769. The first-order valence-electron chi connectivity index (χ1n) is 5.51. The number of amides is 1. The number of aromatic hydroxyl groups is 1. The third-order valence-corrected chi connectivity index (χ3v) is 3.37. The van der Waals surface area contributed by atoms with Crippen molar-refractivity contribution in [3.8, 4) is 5.75 Å². The van der Waals surface area contributed by atoms with E-state index in [1.807, 2.05) is 0 Å². The molecule has 7 heteroatoms. The van der Waals surface area contributed by atoms with Crippen LogP contribution in [0.5, 0.6) is 5.75 Å². The minimum Gasteiger partial charge on any atom is -0.508 e. The van der Waals surface area contributed by atoms with Crippen LogP contribution in [0.2, 0.25) is 15.3 Å². The SMILES string of the molecule is Cc1cc(Cl)nc(Cl)c1NC(=O)c1cc(O)ccc1Cl. The summed E-state index contributed by atoms with van der Waals surface area (Å²) >= 11 is 17.6. The Bertz CT molecular complexity index is 666. The van der Waals surface area contributed by atoms with Gasteiger partial charge in [-0.05, 0) is 36.8 Å². The molecule has 1 aromatic heterocycles. The summed E-state index contributed by atoms with van der Waals surface area (Å²) in [5.41, 5.74) is 1.15. The molecule has 2 N–H and O–H groups in total. The maximum atomic E-state index is 12.2. The number of carbonyl (C=O) groups excluding carboxylic acids is 1. The first-order valence-corrected chi connectivity index (χ1v) is 6.64. The number of aromatic nitrogens is 1. The minimum atomic E-state index is -0.500. The molecule has 0 atom stereocenters. The van der Waals surface area contributed by atoms with Gasteiger partial charge < -0.3 is 10.4 Å². The van der Waals surface area contributed by atoms with Crippen LogP contribution in [0.1, 0.15) is 15.9 Å². The lowest BCUT2D eigenvalue weighted by Gasteiger charge is -2.11. The molecule has 1 aromatic carbocycles. The maximum absolute atomic E-state index is 12.2. The van der Waals surface area contributed by atoms with Crippen LogP contribution in [0, 0.1) is 6.92 Å². The molecular formula is C13H9Cl3N2O2. The molecule has 0 bridgehead atoms. The van der Waals surface area contributed by atoms with Gasteiger partial charge in [0.1, 0.15) is 10.9 Å². The van der Waals surface area contributed by atoms with Crippen molar-refractivity contribution >= 4 is 46.4 Å². The largest absolute Gasteiger partial charge is 0.508 e. The highest BCUT2D eigenvalue weighted by Gasteiger charge is 2.15. The fourth-order valence-corrected chi connectivity index (χ4v) is 2.40. The summed E-state index contributed by atoms with van der Waals surface area (Å²) in [5, 5.41) is 12.5. The summed E-state index contributed by atoms with van der Waals surface area (Å²) in [6.07, 6.45) is 0. The number of pyridine rings is 1. The van der Waals surface area contributed by atoms with E-state index >= 15 is 0 Å². The third-order valence-electron chi connectivity index (χ3n) is 2.57. The van der Waals surface area contributed by atoms with Gasteiger partial charge in [-0.25, -0.2) is 4.98 Å². The van der Waals surface area contributed by atoms with Crippen LogP contribution in [0.3, 0.4) is 0 Å². The summed E-state index contributed by atoms with van der Waals surface area (Å²) in [5.74, 6) is -0.559. The molecule has 0 radical (unpaired) electrons. The normalized spacial score (nSPS) is 10.4. The van der Waals surface area contributed by atoms with E-state index in [9.17, 15) is 9.90 Å². The first kappa shape index (κ1) is 14.9. The number of carbonyl (C=O) groups is 1. The Morgan fingerprint density at radius 3 is 2.60 bits per heavy atom. The summed E-state index contributed by atoms with van der Waals surface area (Å²) in [6, 6.07) is 5.67. The van der Waals surface area contributed by atoms with Crippen LogP contribution >= 0.6 is 34.8 Å². The second-order valence-corrected chi connectivity index (χ2v) is 5.20. The highest BCUT2D eigenvalue weighted by Crippen LogP contribution is 2.28. The van der Waals surface area contributed by atoms with Gasteiger partial charge in [0, 0.05) is 0 Å². The third kappa shape index (κ3) is 3.15. The topological polar surface area (TPSA) is 62.2 Å². The summed E-state index contributed by atoms with van der Waals surface area (Å²) < 4.78 is 0. The van der Waals surface area contributed by atoms with Crippen LogP contribution in [0.15, 0.2) is 24.3 Å². The monoisotopic (exact) mass is 330 g/mol. The lowest BCUT2D eigenvalue weighted by atomic mass is 10.2. The van der Waals surface area contributed by atoms with Gasteiger partial charge in [-0.1, -0.05) is 34.8 Å². The van der Waals surface area contributed by atoms with Crippen molar-refractivity contribution in [2.75, 3.05) is 5.32 Å². The van der Waals surface area contributed by atoms with Gasteiger partial charge in [0.15, 0.2) is 5.15 Å². The molecule has 0 saturated carbocycles. The molecule has 0 spiro atoms. The molecular weight excluding hydrogens is 323 g/mol. The molecule has 2 rings (SSSR count). The Morgan fingerprint density at radius 2 is 1.95 bits per heavy atom. The molecule has 20 heavy (non-hydrogen) atoms. The Hall–Kier alpha value is -1.49. The molecule has 1 heterocycles. The second kappa shape index (κ2) is 5.87. The lowest BCUT2D eigenvalue weighted by molar-refractivity contribution is 0.102. The van der Waals surface area contributed by atoms with E-state index in [1.165, 1.54) is 18.2 Å². The number of hydrogen-bond donors (Lipinski definition) is 2. The van der Waals surface area contributed by atoms with Crippen LogP contribution in [0.25, 0.3) is 0 Å². The highest BCUT2D eigenvalue weighted by atomic mass is 35.5. The van der Waals surface area contributed by atoms with Crippen molar-refractivity contribution in [1.29, 1.82) is 0 Å². The van der Waals surface area contributed by atoms with Crippen molar-refractivity contribution in [3.05, 3.63) is 50.7 Å². The number of nitrogens with one attached hydrogen (secondary N) is 1. The Morgan fingerprint density at radius 1 is 1.25 bits per heavy atom. The number of halogens is 3. The van der Waals surface area contributed by atoms with Gasteiger partial charge in [-0.15, -0.1) is 0 Å². The number of phenolic OH excluding ortho intramolecular Hbond substituents is 1. The molecule has 104 valence electrons. The summed E-state index contributed by atoms with van der Waals surface area (Å²) in [6.45, 7) is 1.74. The zero-order valence-electron chi connectivity index (χ0n) is 10.2. The average Bonchev–Trinajstić information content (AvgIpc) is 2.36. The van der Waals surface area contributed by atoms with E-state index in [0.29, 0.717) is 11.3 Å². The van der Waals surface area contributed by atoms with Gasteiger partial charge in [-0.2, -0.15) is 0 Å². The van der Waals surface area contributed by atoms with Crippen LogP contribution in [0.4, 0.5) is 5.69 Å². The smallest absolute Gasteiger partial charge is 0.257 e. The fourth-order valence-electron chi connectivity index (χ4n) is 1.61. The molecule has 0 fully saturated rings. The highest BCUT2D eigenvalue weighted by molar-refractivity contribution is 6.36. The molecule has 0 saturated heterocycles. The summed E-state index contributed by atoms with van der Waals surface area (Å²) in [7, 11) is 0. The predicted molar refractivity (Wildman–Crippen MR) is 80.1 cm³/mol. The number of anilines is 1. The van der Waals surface area contributed by atoms with E-state index < -0.39 is 5.91 Å². The molecule has 0 aliphatic rings. The van der Waals surface area contributed by atoms with Gasteiger partial charge in [0.2, 0.25) is 0 Å². The Labute approximate surface area is 130 Å². The standard InChI is InChI=1S/C13H9Cl3N2O2/c1-6-4-10(15)17-12(16)11(6)18-13(20)8-5-7(19)2-3-9(8)14/h2-5,19H,1H3,(H,18,20). The number of phenols is 1. The van der Waals surface area contributed by atoms with Gasteiger partial charge >= 0.3 is 0 Å². The van der Waals surface area contributed by atoms with E-state index in [2.05, 4.69) is 10.3 Å². The quantitative estimate of drug-likeness (QED) is 0.806. The predicted octanol–water partition coefficient (Wildman–Crippen LogP) is 4.31. The minimum absolute atomic E-state index is 0.0587. The first-order chi connectivity index (χ1) is 9.38. The molecule has 0 aliphatic carbocycles. The molecule has 0 aliphatic heterocycles. The van der Waals surface area contributed by atoms with E-state index in [1.54, 1.807) is 13.0 Å². The van der Waals surface area contributed by atoms with E-state index in [4.69, 9.17) is 34.8 Å². The van der Waals surface area contributed by atoms with Crippen molar-refractivity contribution in [2.24, 2.45) is 0 Å². The van der Waals surface area contributed by atoms with Crippen LogP contribution < -0.4 is 5.32 Å². The number of benzene rings is 1. The molecule has 1 amide bonds. The lowest BCUT2D eigenvalue weighted by Crippen LogP contribution is -2.14. The van der Waals surface area contributed by atoms with Crippen molar-refractivity contribution < 1.29 is 9.90 Å². The maximum Gasteiger partial charge on any atom is 0.257 e. The van der Waals surface area contributed by atoms with E-state index in [0.717, 1.165) is 0 Å².